The third kappa shape index (κ3) is 15.2. The second-order valence-corrected chi connectivity index (χ2v) is 14.2. The molecule has 4 aromatic heterocycles. The molecule has 8 nitrogen and oxygen atoms in total. The van der Waals surface area contributed by atoms with Gasteiger partial charge < -0.3 is 27.5 Å². The monoisotopic (exact) mass is 826 g/mol. The van der Waals surface area contributed by atoms with E-state index in [4.69, 9.17) is 74.7 Å². The van der Waals surface area contributed by atoms with Crippen LogP contribution in [0.5, 0.6) is 0 Å². The average molecular weight is 829 g/mol. The average Bonchev–Trinajstić information content (AvgIpc) is 3.74. The number of hydrogen-bond donors (Lipinski definition) is 3. The maximum absolute atomic E-state index is 9.75. The fourth-order valence-electron chi connectivity index (χ4n) is 4.77. The standard InChI is InChI=1S/C30H26N6O2.2CHCl3.BF4/c37-19-21-7-11-31-28(15-21)26-9-13-35(33-26)17-24-5-1-3-23-4-2-6-25(30(23)24)18-36-14-10-27(34-36)29-16-22(20-38)8-12-32-29;2*2-1(3)4;2-1(3,4)5/h1-16,37-38H,17-20H2;2*1H;/q;;;-1/p+1. The van der Waals surface area contributed by atoms with Crippen molar-refractivity contribution in [1.29, 1.82) is 0 Å². The summed E-state index contributed by atoms with van der Waals surface area (Å²) in [4.78, 5) is 8.85. The molecular formula is C32H29BCl6F4N6O2. The number of aliphatic hydroxyl groups excluding tert-OH is 2. The van der Waals surface area contributed by atoms with Crippen molar-refractivity contribution in [3.05, 3.63) is 120 Å². The topological polar surface area (TPSA) is 104 Å². The predicted molar refractivity (Wildman–Crippen MR) is 197 cm³/mol. The highest BCUT2D eigenvalue weighted by atomic mass is 35.6. The Balaban J connectivity index is 0.000000467. The fourth-order valence-corrected chi connectivity index (χ4v) is 4.77. The number of H-pyrrole nitrogens is 1. The molecule has 4 heterocycles. The van der Waals surface area contributed by atoms with Crippen LogP contribution >= 0.6 is 69.6 Å². The van der Waals surface area contributed by atoms with Gasteiger partial charge in [0.15, 0.2) is 21.3 Å². The lowest BCUT2D eigenvalue weighted by Crippen LogP contribution is -2.35. The smallest absolute Gasteiger partial charge is 0.418 e. The Labute approximate surface area is 320 Å². The van der Waals surface area contributed by atoms with E-state index < -0.39 is 15.8 Å². The zero-order chi connectivity index (χ0) is 37.6. The number of aliphatic hydroxyl groups is 2. The molecule has 3 N–H and O–H groups in total. The van der Waals surface area contributed by atoms with Crippen LogP contribution in [0, 0.1) is 0 Å². The number of benzene rings is 2. The van der Waals surface area contributed by atoms with Gasteiger partial charge in [0.2, 0.25) is 0 Å². The Kier molecular flexibility index (Phi) is 17.2. The summed E-state index contributed by atoms with van der Waals surface area (Å²) in [5.41, 5.74) is 7.21. The number of hydrogen-bond acceptors (Lipinski definition) is 5. The summed E-state index contributed by atoms with van der Waals surface area (Å²) < 4.78 is 41.5. The van der Waals surface area contributed by atoms with Crippen molar-refractivity contribution in [3.63, 3.8) is 0 Å². The Morgan fingerprint density at radius 1 is 0.725 bits per heavy atom. The molecule has 0 atom stereocenters. The second-order valence-electron chi connectivity index (χ2n) is 10.2. The van der Waals surface area contributed by atoms with Crippen molar-refractivity contribution in [3.8, 4) is 22.8 Å². The van der Waals surface area contributed by atoms with Gasteiger partial charge in [-0.3, -0.25) is 14.6 Å². The highest BCUT2D eigenvalue weighted by molar-refractivity contribution is 6.63. The highest BCUT2D eigenvalue weighted by Crippen LogP contribution is 2.25. The van der Waals surface area contributed by atoms with Crippen LogP contribution in [0.15, 0.2) is 97.6 Å². The number of aromatic amines is 1. The Bertz CT molecular complexity index is 1830. The number of nitrogens with one attached hydrogen (secondary N) is 1. The third-order valence-corrected chi connectivity index (χ3v) is 6.63. The molecule has 272 valence electrons. The lowest BCUT2D eigenvalue weighted by molar-refractivity contribution is -0.741. The van der Waals surface area contributed by atoms with Gasteiger partial charge >= 0.3 is 7.25 Å². The van der Waals surface area contributed by atoms with Crippen molar-refractivity contribution in [2.24, 2.45) is 0 Å². The molecule has 51 heavy (non-hydrogen) atoms. The summed E-state index contributed by atoms with van der Waals surface area (Å²) >= 11 is 28.8. The third-order valence-electron chi connectivity index (χ3n) is 6.63. The molecule has 0 fully saturated rings. The number of alkyl halides is 6. The van der Waals surface area contributed by atoms with E-state index in [0.717, 1.165) is 33.9 Å². The molecule has 0 aliphatic carbocycles. The summed E-state index contributed by atoms with van der Waals surface area (Å²) in [6.45, 7) is 1.24. The van der Waals surface area contributed by atoms with E-state index >= 15 is 0 Å². The Morgan fingerprint density at radius 2 is 1.25 bits per heavy atom. The second kappa shape index (κ2) is 20.8. The van der Waals surface area contributed by atoms with E-state index in [-0.39, 0.29) is 13.2 Å². The van der Waals surface area contributed by atoms with Crippen LogP contribution in [0.1, 0.15) is 22.3 Å². The summed E-state index contributed by atoms with van der Waals surface area (Å²) in [5.74, 6) is 0. The van der Waals surface area contributed by atoms with Gasteiger partial charge in [-0.1, -0.05) is 106 Å². The molecule has 0 amide bonds. The van der Waals surface area contributed by atoms with Gasteiger partial charge in [0.25, 0.3) is 0 Å². The number of aromatic nitrogens is 6. The molecule has 19 heteroatoms. The van der Waals surface area contributed by atoms with Crippen molar-refractivity contribution in [2.75, 3.05) is 0 Å². The SMILES string of the molecule is ClC(Cl)Cl.ClC(Cl)Cl.F[B-](F)(F)F.OCc1ccnc(-c2ccn(Cc3cccc4cccc(C[n+]5ccc(-c6cc(CO)ccn6)[nH]5)c34)n2)c1. The number of pyridine rings is 2. The van der Waals surface area contributed by atoms with E-state index in [9.17, 15) is 27.5 Å². The Morgan fingerprint density at radius 3 is 1.82 bits per heavy atom. The normalized spacial score (nSPS) is 11.0. The minimum Gasteiger partial charge on any atom is -0.418 e. The van der Waals surface area contributed by atoms with Crippen LogP contribution in [0.3, 0.4) is 0 Å². The summed E-state index contributed by atoms with van der Waals surface area (Å²) in [7, 11) is -6.00. The number of halogens is 10. The fraction of sp³-hybridized carbons (Fsp3) is 0.188. The minimum atomic E-state index is -6.00. The van der Waals surface area contributed by atoms with Crippen molar-refractivity contribution in [2.45, 2.75) is 34.9 Å². The van der Waals surface area contributed by atoms with Gasteiger partial charge in [-0.05, 0) is 57.8 Å². The molecule has 6 rings (SSSR count). The maximum atomic E-state index is 9.75. The van der Waals surface area contributed by atoms with Gasteiger partial charge in [0, 0.05) is 30.2 Å². The summed E-state index contributed by atoms with van der Waals surface area (Å²) in [6.07, 6.45) is 7.38. The molecular weight excluding hydrogens is 800 g/mol. The van der Waals surface area contributed by atoms with E-state index in [1.807, 2.05) is 52.1 Å². The van der Waals surface area contributed by atoms with Gasteiger partial charge in [-0.2, -0.15) is 10.2 Å². The molecule has 0 bridgehead atoms. The zero-order valence-electron chi connectivity index (χ0n) is 26.2. The molecule has 0 saturated heterocycles. The van der Waals surface area contributed by atoms with Crippen molar-refractivity contribution >= 4 is 87.6 Å². The van der Waals surface area contributed by atoms with E-state index in [1.165, 1.54) is 21.9 Å². The van der Waals surface area contributed by atoms with E-state index in [2.05, 4.69) is 51.5 Å². The van der Waals surface area contributed by atoms with E-state index in [0.29, 0.717) is 13.1 Å². The molecule has 2 aromatic carbocycles. The summed E-state index contributed by atoms with van der Waals surface area (Å²) in [6, 6.07) is 24.0. The predicted octanol–water partition coefficient (Wildman–Crippen LogP) is 9.13. The number of nitrogens with zero attached hydrogens (tertiary/aromatic N) is 5. The molecule has 0 radical (unpaired) electrons. The first kappa shape index (κ1) is 42.3. The quantitative estimate of drug-likeness (QED) is 0.0615. The largest absolute Gasteiger partial charge is 0.673 e. The maximum Gasteiger partial charge on any atom is 0.673 e. The van der Waals surface area contributed by atoms with Crippen LogP contribution in [-0.2, 0) is 26.3 Å². The van der Waals surface area contributed by atoms with E-state index in [1.54, 1.807) is 18.5 Å². The van der Waals surface area contributed by atoms with Gasteiger partial charge in [0.05, 0.1) is 31.1 Å². The lowest BCUT2D eigenvalue weighted by atomic mass is 9.99. The highest BCUT2D eigenvalue weighted by Gasteiger charge is 2.20. The number of rotatable bonds is 8. The molecule has 6 aromatic rings. The van der Waals surface area contributed by atoms with Gasteiger partial charge in [-0.15, -0.1) is 4.68 Å². The number of fused-ring (bicyclic) bond motifs is 1. The lowest BCUT2D eigenvalue weighted by Gasteiger charge is -2.10. The molecule has 0 aliphatic heterocycles. The van der Waals surface area contributed by atoms with Crippen LogP contribution < -0.4 is 4.68 Å². The molecule has 0 saturated carbocycles. The molecule has 0 spiro atoms. The van der Waals surface area contributed by atoms with Crippen LogP contribution in [0.25, 0.3) is 33.5 Å². The Hall–Kier alpha value is -3.14. The van der Waals surface area contributed by atoms with Crippen LogP contribution in [-0.4, -0.2) is 50.9 Å². The van der Waals surface area contributed by atoms with Crippen molar-refractivity contribution < 1.29 is 32.2 Å². The van der Waals surface area contributed by atoms with Crippen LogP contribution in [0.2, 0.25) is 0 Å². The first-order valence-electron chi connectivity index (χ1n) is 14.6. The molecule has 0 unspecified atom stereocenters. The minimum absolute atomic E-state index is 0.0156. The van der Waals surface area contributed by atoms with Crippen molar-refractivity contribution in [1.82, 2.24) is 24.8 Å². The van der Waals surface area contributed by atoms with Gasteiger partial charge in [0.1, 0.15) is 11.4 Å². The van der Waals surface area contributed by atoms with Crippen LogP contribution in [0.4, 0.5) is 17.3 Å². The first-order valence-corrected chi connectivity index (χ1v) is 17.2. The van der Waals surface area contributed by atoms with Gasteiger partial charge in [-0.25, -0.2) is 0 Å². The summed E-state index contributed by atoms with van der Waals surface area (Å²) in [5, 5.41) is 29.5. The zero-order valence-corrected chi connectivity index (χ0v) is 30.7. The molecule has 0 aliphatic rings. The first-order chi connectivity index (χ1) is 24.2.